The number of hydrogen-bond acceptors (Lipinski definition) is 8. The Balaban J connectivity index is 3.00. The first-order chi connectivity index (χ1) is 9.86. The van der Waals surface area contributed by atoms with Gasteiger partial charge in [-0.25, -0.2) is 0 Å². The summed E-state index contributed by atoms with van der Waals surface area (Å²) in [7, 11) is 0. The summed E-state index contributed by atoms with van der Waals surface area (Å²) in [6.45, 7) is 3.99. The van der Waals surface area contributed by atoms with E-state index in [4.69, 9.17) is 18.9 Å². The van der Waals surface area contributed by atoms with Crippen LogP contribution in [0.15, 0.2) is 12.0 Å². The molecule has 0 fully saturated rings. The van der Waals surface area contributed by atoms with Crippen LogP contribution in [-0.4, -0.2) is 48.4 Å². The maximum atomic E-state index is 11.2. The molecule has 21 heavy (non-hydrogen) atoms. The highest BCUT2D eigenvalue weighted by Gasteiger charge is 2.46. The van der Waals surface area contributed by atoms with Gasteiger partial charge in [-0.05, 0) is 6.92 Å². The molecule has 0 aliphatic carbocycles. The molecule has 9 nitrogen and oxygen atoms in total. The fourth-order valence-corrected chi connectivity index (χ4v) is 1.83. The van der Waals surface area contributed by atoms with Crippen LogP contribution < -0.4 is 0 Å². The Morgan fingerprint density at radius 2 is 2.05 bits per heavy atom. The van der Waals surface area contributed by atoms with Crippen molar-refractivity contribution in [2.45, 2.75) is 39.1 Å². The molecule has 1 aliphatic rings. The van der Waals surface area contributed by atoms with Crippen molar-refractivity contribution in [1.82, 2.24) is 0 Å². The average Bonchev–Trinajstić information content (AvgIpc) is 2.38. The Labute approximate surface area is 120 Å². The van der Waals surface area contributed by atoms with Crippen molar-refractivity contribution in [2.24, 2.45) is 0 Å². The molecule has 0 unspecified atom stereocenters. The molecule has 9 heteroatoms. The Kier molecular flexibility index (Phi) is 6.10. The van der Waals surface area contributed by atoms with Crippen molar-refractivity contribution in [1.29, 1.82) is 0 Å². The van der Waals surface area contributed by atoms with Gasteiger partial charge in [-0.2, -0.15) is 0 Å². The lowest BCUT2D eigenvalue weighted by Crippen LogP contribution is -2.50. The predicted octanol–water partition coefficient (Wildman–Crippen LogP) is 0.403. The van der Waals surface area contributed by atoms with Gasteiger partial charge in [-0.15, -0.1) is 0 Å². The van der Waals surface area contributed by atoms with Gasteiger partial charge in [-0.1, -0.05) is 0 Å². The van der Waals surface area contributed by atoms with Gasteiger partial charge in [0.15, 0.2) is 24.6 Å². The van der Waals surface area contributed by atoms with Gasteiger partial charge >= 0.3 is 17.6 Å². The minimum Gasteiger partial charge on any atom is -0.484 e. The summed E-state index contributed by atoms with van der Waals surface area (Å²) in [5, 5.41) is 11.0. The van der Waals surface area contributed by atoms with Gasteiger partial charge in [0.1, 0.15) is 6.61 Å². The first-order valence-electron chi connectivity index (χ1n) is 6.28. The molecular formula is C12H17NO8. The van der Waals surface area contributed by atoms with Crippen molar-refractivity contribution in [2.75, 3.05) is 13.2 Å². The highest BCUT2D eigenvalue weighted by atomic mass is 16.6. The number of carbonyl (C=O) groups excluding carboxylic acids is 2. The average molecular weight is 303 g/mol. The van der Waals surface area contributed by atoms with E-state index < -0.39 is 35.2 Å². The Hall–Kier alpha value is -2.16. The molecule has 0 radical (unpaired) electrons. The first kappa shape index (κ1) is 16.9. The molecule has 0 spiro atoms. The molecule has 1 heterocycles. The third-order valence-electron chi connectivity index (χ3n) is 2.63. The summed E-state index contributed by atoms with van der Waals surface area (Å²) in [5.74, 6) is -1.19. The summed E-state index contributed by atoms with van der Waals surface area (Å²) in [4.78, 5) is 32.4. The second-order valence-electron chi connectivity index (χ2n) is 4.23. The minimum absolute atomic E-state index is 0.175. The lowest BCUT2D eigenvalue weighted by atomic mass is 10.0. The molecule has 0 aromatic heterocycles. The van der Waals surface area contributed by atoms with Gasteiger partial charge < -0.3 is 18.9 Å². The number of carbonyl (C=O) groups is 2. The van der Waals surface area contributed by atoms with E-state index in [-0.39, 0.29) is 18.9 Å². The normalized spacial score (nSPS) is 24.5. The predicted molar refractivity (Wildman–Crippen MR) is 67.6 cm³/mol. The standard InChI is InChI=1S/C12H17NO8/c1-4-18-11-9(13(16)17)5-20-10(6-19-7(2)14)12(11)21-8(3)15/h5,10-12H,4,6H2,1-3H3/t10-,11-,12-/m1/s1. The van der Waals surface area contributed by atoms with Crippen LogP contribution in [-0.2, 0) is 28.5 Å². The van der Waals surface area contributed by atoms with Crippen LogP contribution in [0.4, 0.5) is 0 Å². The Morgan fingerprint density at radius 3 is 2.52 bits per heavy atom. The molecule has 0 aromatic carbocycles. The molecule has 0 saturated heterocycles. The van der Waals surface area contributed by atoms with E-state index in [1.54, 1.807) is 6.92 Å². The van der Waals surface area contributed by atoms with Crippen LogP contribution >= 0.6 is 0 Å². The van der Waals surface area contributed by atoms with Gasteiger partial charge in [0.2, 0.25) is 0 Å². The van der Waals surface area contributed by atoms with Crippen molar-refractivity contribution in [3.8, 4) is 0 Å². The van der Waals surface area contributed by atoms with Crippen molar-refractivity contribution in [3.05, 3.63) is 22.1 Å². The minimum atomic E-state index is -1.09. The summed E-state index contributed by atoms with van der Waals surface area (Å²) in [5.41, 5.74) is -0.359. The van der Waals surface area contributed by atoms with Gasteiger partial charge in [0.05, 0.1) is 4.92 Å². The second-order valence-corrected chi connectivity index (χ2v) is 4.23. The molecule has 0 saturated carbocycles. The van der Waals surface area contributed by atoms with E-state index in [1.165, 1.54) is 6.92 Å². The van der Waals surface area contributed by atoms with Crippen molar-refractivity contribution >= 4 is 11.9 Å². The van der Waals surface area contributed by atoms with E-state index in [0.717, 1.165) is 13.2 Å². The zero-order valence-electron chi connectivity index (χ0n) is 11.9. The van der Waals surface area contributed by atoms with Crippen molar-refractivity contribution < 1.29 is 33.5 Å². The topological polar surface area (TPSA) is 114 Å². The van der Waals surface area contributed by atoms with Gasteiger partial charge in [-0.3, -0.25) is 19.7 Å². The fourth-order valence-electron chi connectivity index (χ4n) is 1.83. The van der Waals surface area contributed by atoms with E-state index in [9.17, 15) is 19.7 Å². The number of esters is 2. The monoisotopic (exact) mass is 303 g/mol. The SMILES string of the molecule is CCO[C@@H]1C([N+](=O)[O-])=CO[C@H](COC(C)=O)[C@H]1OC(C)=O. The number of nitrogens with zero attached hydrogens (tertiary/aromatic N) is 1. The Bertz CT molecular complexity index is 447. The number of nitro groups is 1. The lowest BCUT2D eigenvalue weighted by molar-refractivity contribution is -0.445. The molecule has 0 amide bonds. The maximum absolute atomic E-state index is 11.2. The maximum Gasteiger partial charge on any atom is 0.312 e. The molecule has 3 atom stereocenters. The highest BCUT2D eigenvalue weighted by molar-refractivity contribution is 5.66. The lowest BCUT2D eigenvalue weighted by Gasteiger charge is -2.33. The zero-order valence-corrected chi connectivity index (χ0v) is 11.9. The van der Waals surface area contributed by atoms with E-state index >= 15 is 0 Å². The van der Waals surface area contributed by atoms with Crippen LogP contribution in [0.3, 0.4) is 0 Å². The van der Waals surface area contributed by atoms with Crippen LogP contribution in [0.25, 0.3) is 0 Å². The van der Waals surface area contributed by atoms with E-state index in [1.807, 2.05) is 0 Å². The Morgan fingerprint density at radius 1 is 1.38 bits per heavy atom. The van der Waals surface area contributed by atoms with Crippen LogP contribution in [0.1, 0.15) is 20.8 Å². The number of hydrogen-bond donors (Lipinski definition) is 0. The molecule has 0 N–H and O–H groups in total. The van der Waals surface area contributed by atoms with Crippen LogP contribution in [0.2, 0.25) is 0 Å². The van der Waals surface area contributed by atoms with Crippen LogP contribution in [0, 0.1) is 10.1 Å². The smallest absolute Gasteiger partial charge is 0.312 e. The molecule has 1 rings (SSSR count). The molecule has 1 aliphatic heterocycles. The third kappa shape index (κ3) is 4.71. The van der Waals surface area contributed by atoms with Crippen molar-refractivity contribution in [3.63, 3.8) is 0 Å². The van der Waals surface area contributed by atoms with Gasteiger partial charge in [0, 0.05) is 20.5 Å². The largest absolute Gasteiger partial charge is 0.484 e. The molecule has 0 bridgehead atoms. The quantitative estimate of drug-likeness (QED) is 0.393. The second kappa shape index (κ2) is 7.58. The fraction of sp³-hybridized carbons (Fsp3) is 0.667. The zero-order chi connectivity index (χ0) is 16.0. The van der Waals surface area contributed by atoms with Crippen LogP contribution in [0.5, 0.6) is 0 Å². The summed E-state index contributed by atoms with van der Waals surface area (Å²) >= 11 is 0. The first-order valence-corrected chi connectivity index (χ1v) is 6.28. The summed E-state index contributed by atoms with van der Waals surface area (Å²) < 4.78 is 20.3. The van der Waals surface area contributed by atoms with E-state index in [0.29, 0.717) is 0 Å². The van der Waals surface area contributed by atoms with Gasteiger partial charge in [0.25, 0.3) is 0 Å². The number of rotatable bonds is 6. The summed E-state index contributed by atoms with van der Waals surface area (Å²) in [6, 6.07) is 0. The molecule has 0 aromatic rings. The highest BCUT2D eigenvalue weighted by Crippen LogP contribution is 2.25. The molecule has 118 valence electrons. The van der Waals surface area contributed by atoms with E-state index in [2.05, 4.69) is 0 Å². The number of ether oxygens (including phenoxy) is 4. The third-order valence-corrected chi connectivity index (χ3v) is 2.63. The molecular weight excluding hydrogens is 286 g/mol. The summed E-state index contributed by atoms with van der Waals surface area (Å²) in [6.07, 6.45) is -2.12.